The molecule has 5 heteroatoms. The first-order chi connectivity index (χ1) is 12.2. The van der Waals surface area contributed by atoms with E-state index in [1.54, 1.807) is 7.11 Å². The summed E-state index contributed by atoms with van der Waals surface area (Å²) in [6.07, 6.45) is 9.97. The lowest BCUT2D eigenvalue weighted by Crippen LogP contribution is -2.35. The number of allylic oxidation sites excluding steroid dienone is 4. The van der Waals surface area contributed by atoms with Crippen molar-refractivity contribution in [1.82, 2.24) is 4.90 Å². The van der Waals surface area contributed by atoms with Crippen LogP contribution in [0.2, 0.25) is 0 Å². The molecule has 4 nitrogen and oxygen atoms in total. The number of amides is 1. The van der Waals surface area contributed by atoms with Gasteiger partial charge in [-0.25, -0.2) is 0 Å². The van der Waals surface area contributed by atoms with Crippen molar-refractivity contribution in [3.05, 3.63) is 63.9 Å². The molecular weight excluding hydrogens is 380 g/mol. The van der Waals surface area contributed by atoms with E-state index in [0.717, 1.165) is 40.0 Å². The summed E-state index contributed by atoms with van der Waals surface area (Å²) in [5, 5.41) is 0. The summed E-state index contributed by atoms with van der Waals surface area (Å²) in [5.41, 5.74) is 4.28. The van der Waals surface area contributed by atoms with Crippen molar-refractivity contribution in [2.24, 2.45) is 10.9 Å². The molecule has 0 saturated heterocycles. The van der Waals surface area contributed by atoms with Gasteiger partial charge in [-0.3, -0.25) is 9.79 Å². The van der Waals surface area contributed by atoms with Crippen molar-refractivity contribution in [3.8, 4) is 0 Å². The van der Waals surface area contributed by atoms with E-state index in [9.17, 15) is 4.79 Å². The minimum atomic E-state index is 0.0640. The second kappa shape index (κ2) is 6.64. The third-order valence-electron chi connectivity index (χ3n) is 4.91. The minimum Gasteiger partial charge on any atom is -0.497 e. The van der Waals surface area contributed by atoms with Crippen LogP contribution in [-0.2, 0) is 16.0 Å². The normalized spacial score (nSPS) is 22.3. The molecule has 0 radical (unpaired) electrons. The van der Waals surface area contributed by atoms with Gasteiger partial charge < -0.3 is 9.64 Å². The molecule has 2 heterocycles. The van der Waals surface area contributed by atoms with Crippen molar-refractivity contribution < 1.29 is 9.53 Å². The molecule has 1 atom stereocenters. The van der Waals surface area contributed by atoms with Gasteiger partial charge in [0, 0.05) is 28.2 Å². The van der Waals surface area contributed by atoms with Gasteiger partial charge in [0.15, 0.2) is 0 Å². The zero-order chi connectivity index (χ0) is 17.4. The molecule has 1 aliphatic carbocycles. The molecule has 4 rings (SSSR count). The number of aliphatic imine (C=N–C) groups is 1. The summed E-state index contributed by atoms with van der Waals surface area (Å²) in [5.74, 6) is 1.04. The van der Waals surface area contributed by atoms with Crippen LogP contribution < -0.4 is 0 Å². The van der Waals surface area contributed by atoms with Crippen molar-refractivity contribution >= 4 is 33.2 Å². The van der Waals surface area contributed by atoms with E-state index in [0.29, 0.717) is 6.54 Å². The Hall–Kier alpha value is -2.14. The maximum Gasteiger partial charge on any atom is 0.248 e. The number of carbonyl (C=O) groups is 1. The number of hydrogen-bond donors (Lipinski definition) is 0. The van der Waals surface area contributed by atoms with Gasteiger partial charge in [0.1, 0.15) is 12.3 Å². The van der Waals surface area contributed by atoms with Crippen molar-refractivity contribution in [1.29, 1.82) is 0 Å². The molecule has 0 fully saturated rings. The summed E-state index contributed by atoms with van der Waals surface area (Å²) in [7, 11) is 1.67. The lowest BCUT2D eigenvalue weighted by molar-refractivity contribution is -0.126. The second-order valence-corrected chi connectivity index (χ2v) is 7.20. The van der Waals surface area contributed by atoms with Crippen LogP contribution in [-0.4, -0.2) is 36.7 Å². The number of hydrogen-bond acceptors (Lipinski definition) is 3. The van der Waals surface area contributed by atoms with E-state index < -0.39 is 0 Å². The summed E-state index contributed by atoms with van der Waals surface area (Å²) in [6.45, 7) is 0.905. The minimum absolute atomic E-state index is 0.0640. The van der Waals surface area contributed by atoms with E-state index in [4.69, 9.17) is 4.74 Å². The van der Waals surface area contributed by atoms with Gasteiger partial charge in [0.05, 0.1) is 12.8 Å². The molecule has 128 valence electrons. The smallest absolute Gasteiger partial charge is 0.248 e. The van der Waals surface area contributed by atoms with Crippen LogP contribution in [0.1, 0.15) is 17.5 Å². The second-order valence-electron chi connectivity index (χ2n) is 6.35. The fraction of sp³-hybridized carbons (Fsp3) is 0.300. The molecule has 0 bridgehead atoms. The molecule has 0 aromatic heterocycles. The average Bonchev–Trinajstić information content (AvgIpc) is 2.81. The molecule has 0 spiro atoms. The molecule has 0 N–H and O–H groups in total. The van der Waals surface area contributed by atoms with Crippen LogP contribution in [0.25, 0.3) is 5.70 Å². The monoisotopic (exact) mass is 398 g/mol. The first-order valence-corrected chi connectivity index (χ1v) is 9.23. The number of carbonyl (C=O) groups excluding carboxylic acids is 1. The molecule has 0 saturated carbocycles. The molecule has 1 amide bonds. The lowest BCUT2D eigenvalue weighted by Gasteiger charge is -2.31. The Morgan fingerprint density at radius 3 is 3.08 bits per heavy atom. The fourth-order valence-corrected chi connectivity index (χ4v) is 4.17. The maximum absolute atomic E-state index is 12.6. The molecular formula is C20H19BrN2O2. The highest BCUT2D eigenvalue weighted by atomic mass is 79.9. The summed E-state index contributed by atoms with van der Waals surface area (Å²) in [6, 6.07) is 6.17. The van der Waals surface area contributed by atoms with Gasteiger partial charge in [-0.05, 0) is 42.7 Å². The molecule has 1 unspecified atom stereocenters. The number of methoxy groups -OCH3 is 1. The van der Waals surface area contributed by atoms with Crippen LogP contribution in [0.5, 0.6) is 0 Å². The van der Waals surface area contributed by atoms with Crippen molar-refractivity contribution in [2.75, 3.05) is 20.2 Å². The van der Waals surface area contributed by atoms with Crippen molar-refractivity contribution in [3.63, 3.8) is 0 Å². The topological polar surface area (TPSA) is 41.9 Å². The fourth-order valence-electron chi connectivity index (χ4n) is 3.61. The van der Waals surface area contributed by atoms with Crippen LogP contribution in [0, 0.1) is 5.92 Å². The summed E-state index contributed by atoms with van der Waals surface area (Å²) in [4.78, 5) is 19.1. The predicted octanol–water partition coefficient (Wildman–Crippen LogP) is 3.74. The Morgan fingerprint density at radius 2 is 2.24 bits per heavy atom. The Balaban J connectivity index is 1.79. The van der Waals surface area contributed by atoms with E-state index in [-0.39, 0.29) is 18.4 Å². The number of fused-ring (bicyclic) bond motifs is 3. The largest absolute Gasteiger partial charge is 0.497 e. The van der Waals surface area contributed by atoms with Crippen LogP contribution in [0.15, 0.2) is 57.7 Å². The van der Waals surface area contributed by atoms with Gasteiger partial charge in [-0.15, -0.1) is 0 Å². The predicted molar refractivity (Wildman–Crippen MR) is 102 cm³/mol. The maximum atomic E-state index is 12.6. The first kappa shape index (κ1) is 16.3. The van der Waals surface area contributed by atoms with Crippen LogP contribution in [0.3, 0.4) is 0 Å². The molecule has 3 aliphatic rings. The SMILES string of the molecule is COC1=CC(C2=NCC(=O)N3CCc4c(Br)cccc4C3=C2)CC=C1. The molecule has 2 aliphatic heterocycles. The van der Waals surface area contributed by atoms with Gasteiger partial charge in [0.25, 0.3) is 0 Å². The lowest BCUT2D eigenvalue weighted by atomic mass is 9.91. The highest BCUT2D eigenvalue weighted by molar-refractivity contribution is 9.10. The van der Waals surface area contributed by atoms with E-state index >= 15 is 0 Å². The highest BCUT2D eigenvalue weighted by Gasteiger charge is 2.30. The molecule has 25 heavy (non-hydrogen) atoms. The first-order valence-electron chi connectivity index (χ1n) is 8.44. The molecule has 1 aromatic rings. The van der Waals surface area contributed by atoms with E-state index in [2.05, 4.69) is 51.3 Å². The summed E-state index contributed by atoms with van der Waals surface area (Å²) >= 11 is 3.65. The number of ether oxygens (including phenoxy) is 1. The Morgan fingerprint density at radius 1 is 1.36 bits per heavy atom. The third-order valence-corrected chi connectivity index (χ3v) is 5.65. The zero-order valence-electron chi connectivity index (χ0n) is 14.0. The van der Waals surface area contributed by atoms with Gasteiger partial charge in [-0.1, -0.05) is 34.1 Å². The average molecular weight is 399 g/mol. The Kier molecular flexibility index (Phi) is 4.34. The quantitative estimate of drug-likeness (QED) is 0.761. The van der Waals surface area contributed by atoms with E-state index in [1.165, 1.54) is 5.56 Å². The Bertz CT molecular complexity index is 851. The standard InChI is InChI=1S/C20H19BrN2O2/c1-25-14-5-2-4-13(10-14)18-11-19-16-6-3-7-17(21)15(16)8-9-23(19)20(24)12-22-18/h2-3,5-7,10-11,13H,4,8-9,12H2,1H3. The number of benzene rings is 1. The number of nitrogens with zero attached hydrogens (tertiary/aromatic N) is 2. The van der Waals surface area contributed by atoms with Crippen LogP contribution >= 0.6 is 15.9 Å². The van der Waals surface area contributed by atoms with E-state index in [1.807, 2.05) is 17.0 Å². The number of halogens is 1. The number of rotatable bonds is 2. The summed E-state index contributed by atoms with van der Waals surface area (Å²) < 4.78 is 6.46. The molecule has 1 aromatic carbocycles. The van der Waals surface area contributed by atoms with Gasteiger partial charge in [0.2, 0.25) is 5.91 Å². The van der Waals surface area contributed by atoms with Crippen molar-refractivity contribution in [2.45, 2.75) is 12.8 Å². The van der Waals surface area contributed by atoms with Gasteiger partial charge in [-0.2, -0.15) is 0 Å². The van der Waals surface area contributed by atoms with Crippen LogP contribution in [0.4, 0.5) is 0 Å². The van der Waals surface area contributed by atoms with Gasteiger partial charge >= 0.3 is 0 Å². The third kappa shape index (κ3) is 2.97. The Labute approximate surface area is 155 Å². The zero-order valence-corrected chi connectivity index (χ0v) is 15.6. The highest BCUT2D eigenvalue weighted by Crippen LogP contribution is 2.35.